The van der Waals surface area contributed by atoms with Gasteiger partial charge in [0, 0.05) is 18.7 Å². The highest BCUT2D eigenvalue weighted by Gasteiger charge is 2.28. The molecule has 2 aromatic rings. The summed E-state index contributed by atoms with van der Waals surface area (Å²) in [6.45, 7) is 3.01. The van der Waals surface area contributed by atoms with E-state index in [1.807, 2.05) is 6.07 Å². The smallest absolute Gasteiger partial charge is 0.251 e. The third kappa shape index (κ3) is 3.73. The first kappa shape index (κ1) is 19.3. The van der Waals surface area contributed by atoms with E-state index < -0.39 is 0 Å². The molecule has 2 N–H and O–H groups in total. The standard InChI is InChI=1S/C13H15NO.C12H16N2O/c15-13(14-12-6-7-12)11-5-4-9-2-1-3-10(9)8-11;1-8-13-11-10(14(8)2)6-5-9-4-3-7-15-12(9)11/h4-5,8,12H,1-3,6-7H2,(H,14,15);5-6,8,13H,3-4,7H2,1-2H3. The second kappa shape index (κ2) is 7.86. The van der Waals surface area contributed by atoms with Gasteiger partial charge in [-0.2, -0.15) is 0 Å². The lowest BCUT2D eigenvalue weighted by Gasteiger charge is -2.20. The fourth-order valence-electron chi connectivity index (χ4n) is 4.57. The van der Waals surface area contributed by atoms with Crippen LogP contribution in [0.25, 0.3) is 0 Å². The van der Waals surface area contributed by atoms with Crippen LogP contribution in [0.1, 0.15) is 59.7 Å². The number of benzene rings is 2. The van der Waals surface area contributed by atoms with Crippen LogP contribution >= 0.6 is 0 Å². The van der Waals surface area contributed by atoms with Gasteiger partial charge in [0.05, 0.1) is 18.5 Å². The maximum Gasteiger partial charge on any atom is 0.251 e. The second-order valence-corrected chi connectivity index (χ2v) is 8.92. The number of carbonyl (C=O) groups excluding carboxylic acids is 1. The Morgan fingerprint density at radius 3 is 2.67 bits per heavy atom. The van der Waals surface area contributed by atoms with E-state index in [1.54, 1.807) is 0 Å². The van der Waals surface area contributed by atoms with Crippen LogP contribution in [0.4, 0.5) is 11.4 Å². The molecule has 0 saturated heterocycles. The summed E-state index contributed by atoms with van der Waals surface area (Å²) in [5.74, 6) is 1.18. The van der Waals surface area contributed by atoms with Crippen molar-refractivity contribution in [3.8, 4) is 5.75 Å². The lowest BCUT2D eigenvalue weighted by atomic mass is 10.0. The summed E-state index contributed by atoms with van der Waals surface area (Å²) in [6, 6.07) is 11.0. The topological polar surface area (TPSA) is 53.6 Å². The maximum atomic E-state index is 11.8. The second-order valence-electron chi connectivity index (χ2n) is 8.92. The van der Waals surface area contributed by atoms with Gasteiger partial charge in [0.15, 0.2) is 0 Å². The van der Waals surface area contributed by atoms with Crippen molar-refractivity contribution in [2.45, 2.75) is 64.1 Å². The highest BCUT2D eigenvalue weighted by molar-refractivity contribution is 5.94. The van der Waals surface area contributed by atoms with Gasteiger partial charge in [0.25, 0.3) is 5.91 Å². The highest BCUT2D eigenvalue weighted by Crippen LogP contribution is 2.44. The van der Waals surface area contributed by atoms with E-state index in [1.165, 1.54) is 40.9 Å². The molecule has 6 rings (SSSR count). The number of ether oxygens (including phenoxy) is 1. The molecule has 0 aromatic heterocycles. The predicted molar refractivity (Wildman–Crippen MR) is 121 cm³/mol. The van der Waals surface area contributed by atoms with Crippen molar-refractivity contribution in [2.24, 2.45) is 0 Å². The monoisotopic (exact) mass is 405 g/mol. The van der Waals surface area contributed by atoms with Crippen LogP contribution in [-0.4, -0.2) is 31.8 Å². The van der Waals surface area contributed by atoms with Gasteiger partial charge in [-0.15, -0.1) is 0 Å². The third-order valence-electron chi connectivity index (χ3n) is 6.64. The Labute approximate surface area is 178 Å². The van der Waals surface area contributed by atoms with Gasteiger partial charge in [-0.05, 0) is 86.8 Å². The predicted octanol–water partition coefficient (Wildman–Crippen LogP) is 4.29. The zero-order valence-corrected chi connectivity index (χ0v) is 18.0. The van der Waals surface area contributed by atoms with Gasteiger partial charge < -0.3 is 20.3 Å². The van der Waals surface area contributed by atoms with Gasteiger partial charge in [0.1, 0.15) is 11.4 Å². The first-order valence-electron chi connectivity index (χ1n) is 11.3. The Kier molecular flexibility index (Phi) is 5.05. The number of nitrogens with zero attached hydrogens (tertiary/aromatic N) is 1. The number of aryl methyl sites for hydroxylation is 3. The first-order chi connectivity index (χ1) is 14.6. The molecule has 0 radical (unpaired) electrons. The van der Waals surface area contributed by atoms with Crippen molar-refractivity contribution in [1.29, 1.82) is 0 Å². The molecular weight excluding hydrogens is 374 g/mol. The summed E-state index contributed by atoms with van der Waals surface area (Å²) in [7, 11) is 2.11. The van der Waals surface area contributed by atoms with Crippen LogP contribution in [0, 0.1) is 0 Å². The molecule has 1 amide bonds. The summed E-state index contributed by atoms with van der Waals surface area (Å²) in [4.78, 5) is 14.0. The van der Waals surface area contributed by atoms with Crippen molar-refractivity contribution in [3.63, 3.8) is 0 Å². The molecule has 0 spiro atoms. The Morgan fingerprint density at radius 1 is 1.07 bits per heavy atom. The van der Waals surface area contributed by atoms with Crippen LogP contribution < -0.4 is 20.3 Å². The molecule has 1 atom stereocenters. The van der Waals surface area contributed by atoms with E-state index in [0.717, 1.165) is 50.0 Å². The first-order valence-corrected chi connectivity index (χ1v) is 11.3. The van der Waals surface area contributed by atoms with Crippen LogP contribution in [0.5, 0.6) is 5.75 Å². The fraction of sp³-hybridized carbons (Fsp3) is 0.480. The maximum absolute atomic E-state index is 11.8. The minimum atomic E-state index is 0.104. The Morgan fingerprint density at radius 2 is 1.83 bits per heavy atom. The van der Waals surface area contributed by atoms with Gasteiger partial charge >= 0.3 is 0 Å². The van der Waals surface area contributed by atoms with Crippen molar-refractivity contribution in [3.05, 3.63) is 52.6 Å². The zero-order chi connectivity index (χ0) is 20.7. The Balaban J connectivity index is 0.000000128. The van der Waals surface area contributed by atoms with E-state index in [4.69, 9.17) is 4.74 Å². The Hall–Kier alpha value is -2.69. The quantitative estimate of drug-likeness (QED) is 0.783. The molecule has 5 heteroatoms. The molecule has 4 aliphatic rings. The SMILES string of the molecule is CC1Nc2c(ccc3c2OCCC3)N1C.O=C(NC1CC1)c1ccc2c(c1)CCC2. The van der Waals surface area contributed by atoms with Gasteiger partial charge in [-0.25, -0.2) is 0 Å². The highest BCUT2D eigenvalue weighted by atomic mass is 16.5. The number of fused-ring (bicyclic) bond motifs is 4. The summed E-state index contributed by atoms with van der Waals surface area (Å²) in [5, 5.41) is 6.50. The van der Waals surface area contributed by atoms with Crippen LogP contribution in [-0.2, 0) is 19.3 Å². The summed E-state index contributed by atoms with van der Waals surface area (Å²) in [6.07, 6.45) is 8.49. The van der Waals surface area contributed by atoms with E-state index in [2.05, 4.69) is 53.8 Å². The van der Waals surface area contributed by atoms with Gasteiger partial charge in [-0.1, -0.05) is 12.1 Å². The molecule has 2 aromatic carbocycles. The molecule has 2 aliphatic heterocycles. The number of rotatable bonds is 2. The number of anilines is 2. The lowest BCUT2D eigenvalue weighted by Crippen LogP contribution is -2.28. The van der Waals surface area contributed by atoms with E-state index in [-0.39, 0.29) is 5.91 Å². The largest absolute Gasteiger partial charge is 0.491 e. The number of hydrogen-bond acceptors (Lipinski definition) is 4. The summed E-state index contributed by atoms with van der Waals surface area (Å²) >= 11 is 0. The number of nitrogens with one attached hydrogen (secondary N) is 2. The molecule has 2 heterocycles. The van der Waals surface area contributed by atoms with Crippen molar-refractivity contribution < 1.29 is 9.53 Å². The van der Waals surface area contributed by atoms with Crippen LogP contribution in [0.15, 0.2) is 30.3 Å². The number of carbonyl (C=O) groups is 1. The third-order valence-corrected chi connectivity index (χ3v) is 6.64. The van der Waals surface area contributed by atoms with Crippen molar-refractivity contribution in [1.82, 2.24) is 5.32 Å². The summed E-state index contributed by atoms with van der Waals surface area (Å²) < 4.78 is 5.77. The van der Waals surface area contributed by atoms with Gasteiger partial charge in [0.2, 0.25) is 0 Å². The molecular formula is C25H31N3O2. The average molecular weight is 406 g/mol. The van der Waals surface area contributed by atoms with Crippen molar-refractivity contribution in [2.75, 3.05) is 23.9 Å². The summed E-state index contributed by atoms with van der Waals surface area (Å²) in [5.41, 5.74) is 7.42. The molecule has 1 saturated carbocycles. The molecule has 1 fully saturated rings. The van der Waals surface area contributed by atoms with E-state index in [9.17, 15) is 4.79 Å². The van der Waals surface area contributed by atoms with Gasteiger partial charge in [-0.3, -0.25) is 4.79 Å². The Bertz CT molecular complexity index is 967. The van der Waals surface area contributed by atoms with E-state index in [0.29, 0.717) is 12.2 Å². The molecule has 0 bridgehead atoms. The molecule has 2 aliphatic carbocycles. The average Bonchev–Trinajstić information content (AvgIpc) is 3.36. The zero-order valence-electron chi connectivity index (χ0n) is 18.0. The van der Waals surface area contributed by atoms with Crippen LogP contribution in [0.3, 0.4) is 0 Å². The molecule has 5 nitrogen and oxygen atoms in total. The normalized spacial score (nSPS) is 20.7. The van der Waals surface area contributed by atoms with E-state index >= 15 is 0 Å². The molecule has 30 heavy (non-hydrogen) atoms. The number of hydrogen-bond donors (Lipinski definition) is 2. The molecule has 1 unspecified atom stereocenters. The minimum absolute atomic E-state index is 0.104. The minimum Gasteiger partial charge on any atom is -0.491 e. The van der Waals surface area contributed by atoms with Crippen LogP contribution in [0.2, 0.25) is 0 Å². The fourth-order valence-corrected chi connectivity index (χ4v) is 4.57. The molecule has 158 valence electrons. The van der Waals surface area contributed by atoms with Crippen molar-refractivity contribution >= 4 is 17.3 Å². The lowest BCUT2D eigenvalue weighted by molar-refractivity contribution is 0.0951. The number of amides is 1.